The molecule has 0 bridgehead atoms. The number of hydrogen-bond acceptors (Lipinski definition) is 4. The van der Waals surface area contributed by atoms with Gasteiger partial charge in [0.1, 0.15) is 0 Å². The fraction of sp³-hybridized carbons (Fsp3) is 0.533. The molecule has 0 radical (unpaired) electrons. The lowest BCUT2D eigenvalue weighted by molar-refractivity contribution is 0.0953. The molecular formula is C15H24N4O. The van der Waals surface area contributed by atoms with Crippen molar-refractivity contribution in [3.63, 3.8) is 0 Å². The van der Waals surface area contributed by atoms with E-state index >= 15 is 0 Å². The van der Waals surface area contributed by atoms with Crippen LogP contribution in [0.25, 0.3) is 0 Å². The maximum Gasteiger partial charge on any atom is 0.265 e. The first-order chi connectivity index (χ1) is 9.60. The third-order valence-corrected chi connectivity index (χ3v) is 3.96. The van der Waals surface area contributed by atoms with Crippen molar-refractivity contribution in [2.75, 3.05) is 27.2 Å². The highest BCUT2D eigenvalue weighted by atomic mass is 16.2. The van der Waals surface area contributed by atoms with Gasteiger partial charge in [-0.2, -0.15) is 0 Å². The van der Waals surface area contributed by atoms with Gasteiger partial charge in [0.25, 0.3) is 5.91 Å². The van der Waals surface area contributed by atoms with Gasteiger partial charge >= 0.3 is 0 Å². The van der Waals surface area contributed by atoms with Gasteiger partial charge in [0.2, 0.25) is 0 Å². The van der Waals surface area contributed by atoms with E-state index in [9.17, 15) is 4.79 Å². The number of carbonyl (C=O) groups excluding carboxylic acids is 1. The number of nitrogen functional groups attached to an aromatic ring is 1. The van der Waals surface area contributed by atoms with Gasteiger partial charge in [0, 0.05) is 24.7 Å². The molecule has 110 valence electrons. The second-order valence-corrected chi connectivity index (χ2v) is 5.67. The van der Waals surface area contributed by atoms with Crippen molar-refractivity contribution < 1.29 is 4.79 Å². The van der Waals surface area contributed by atoms with Crippen molar-refractivity contribution in [3.05, 3.63) is 35.4 Å². The summed E-state index contributed by atoms with van der Waals surface area (Å²) < 4.78 is 0. The molecule has 0 aromatic heterocycles. The Morgan fingerprint density at radius 3 is 2.70 bits per heavy atom. The highest BCUT2D eigenvalue weighted by molar-refractivity contribution is 5.93. The van der Waals surface area contributed by atoms with E-state index in [1.807, 2.05) is 24.3 Å². The quantitative estimate of drug-likeness (QED) is 0.485. The Hall–Kier alpha value is -1.43. The third-order valence-electron chi connectivity index (χ3n) is 3.96. The molecule has 1 aromatic carbocycles. The lowest BCUT2D eigenvalue weighted by Crippen LogP contribution is -2.44. The summed E-state index contributed by atoms with van der Waals surface area (Å²) in [6.07, 6.45) is 2.52. The van der Waals surface area contributed by atoms with Crippen LogP contribution in [0.2, 0.25) is 0 Å². The van der Waals surface area contributed by atoms with E-state index in [0.29, 0.717) is 11.6 Å². The molecule has 1 unspecified atom stereocenters. The van der Waals surface area contributed by atoms with Gasteiger partial charge in [-0.05, 0) is 51.2 Å². The van der Waals surface area contributed by atoms with Gasteiger partial charge in [-0.3, -0.25) is 15.1 Å². The van der Waals surface area contributed by atoms with Crippen LogP contribution in [0.3, 0.4) is 0 Å². The predicted molar refractivity (Wildman–Crippen MR) is 80.1 cm³/mol. The zero-order chi connectivity index (χ0) is 14.5. The molecule has 0 saturated carbocycles. The predicted octanol–water partition coefficient (Wildman–Crippen LogP) is 0.816. The summed E-state index contributed by atoms with van der Waals surface area (Å²) in [6, 6.07) is 8.30. The number of hydrogen-bond donors (Lipinski definition) is 2. The second kappa shape index (κ2) is 6.83. The summed E-state index contributed by atoms with van der Waals surface area (Å²) in [4.78, 5) is 16.2. The van der Waals surface area contributed by atoms with E-state index in [1.54, 1.807) is 0 Å². The van der Waals surface area contributed by atoms with Crippen LogP contribution in [-0.4, -0.2) is 48.9 Å². The fourth-order valence-corrected chi connectivity index (χ4v) is 2.70. The molecule has 1 aliphatic heterocycles. The minimum Gasteiger partial charge on any atom is -0.305 e. The monoisotopic (exact) mass is 276 g/mol. The Kier molecular flexibility index (Phi) is 5.11. The summed E-state index contributed by atoms with van der Waals surface area (Å²) in [5.74, 6) is 4.87. The first-order valence-corrected chi connectivity index (χ1v) is 7.09. The normalized spacial score (nSPS) is 20.1. The highest BCUT2D eigenvalue weighted by Gasteiger charge is 2.21. The van der Waals surface area contributed by atoms with Crippen LogP contribution in [0.5, 0.6) is 0 Å². The van der Waals surface area contributed by atoms with Gasteiger partial charge in [-0.1, -0.05) is 12.1 Å². The Bertz CT molecular complexity index is 444. The van der Waals surface area contributed by atoms with Crippen LogP contribution in [-0.2, 0) is 6.54 Å². The average Bonchev–Trinajstić information content (AvgIpc) is 2.47. The number of likely N-dealkylation sites (N-methyl/N-ethyl adjacent to an activating group) is 1. The first kappa shape index (κ1) is 15.0. The van der Waals surface area contributed by atoms with E-state index in [4.69, 9.17) is 5.84 Å². The molecular weight excluding hydrogens is 252 g/mol. The third kappa shape index (κ3) is 3.79. The SMILES string of the molecule is CN(C)C1CCCN(Cc2ccc(C(=O)NN)cc2)C1. The van der Waals surface area contributed by atoms with Crippen molar-refractivity contribution >= 4 is 5.91 Å². The Morgan fingerprint density at radius 2 is 2.10 bits per heavy atom. The van der Waals surface area contributed by atoms with Crippen LogP contribution < -0.4 is 11.3 Å². The van der Waals surface area contributed by atoms with Gasteiger partial charge in [-0.25, -0.2) is 5.84 Å². The molecule has 1 aliphatic rings. The fourth-order valence-electron chi connectivity index (χ4n) is 2.70. The van der Waals surface area contributed by atoms with Crippen LogP contribution in [0.1, 0.15) is 28.8 Å². The number of rotatable bonds is 4. The average molecular weight is 276 g/mol. The summed E-state index contributed by atoms with van der Waals surface area (Å²) in [5.41, 5.74) is 3.98. The van der Waals surface area contributed by atoms with Crippen LogP contribution in [0.15, 0.2) is 24.3 Å². The van der Waals surface area contributed by atoms with Gasteiger partial charge < -0.3 is 4.90 Å². The molecule has 1 saturated heterocycles. The minimum atomic E-state index is -0.248. The number of piperidine rings is 1. The molecule has 0 spiro atoms. The summed E-state index contributed by atoms with van der Waals surface area (Å²) in [6.45, 7) is 3.20. The molecule has 5 nitrogen and oxygen atoms in total. The van der Waals surface area contributed by atoms with Crippen LogP contribution in [0.4, 0.5) is 0 Å². The molecule has 1 aromatic rings. The van der Waals surface area contributed by atoms with E-state index in [-0.39, 0.29) is 5.91 Å². The van der Waals surface area contributed by atoms with E-state index in [2.05, 4.69) is 29.3 Å². The molecule has 0 aliphatic carbocycles. The Balaban J connectivity index is 1.94. The van der Waals surface area contributed by atoms with Crippen LogP contribution in [0, 0.1) is 0 Å². The maximum absolute atomic E-state index is 11.4. The van der Waals surface area contributed by atoms with E-state index in [0.717, 1.165) is 19.6 Å². The van der Waals surface area contributed by atoms with Crippen molar-refractivity contribution in [3.8, 4) is 0 Å². The molecule has 2 rings (SSSR count). The molecule has 1 atom stereocenters. The summed E-state index contributed by atoms with van der Waals surface area (Å²) >= 11 is 0. The van der Waals surface area contributed by atoms with E-state index < -0.39 is 0 Å². The Morgan fingerprint density at radius 1 is 1.40 bits per heavy atom. The largest absolute Gasteiger partial charge is 0.305 e. The number of nitrogens with zero attached hydrogens (tertiary/aromatic N) is 2. The maximum atomic E-state index is 11.4. The first-order valence-electron chi connectivity index (χ1n) is 7.09. The van der Waals surface area contributed by atoms with E-state index in [1.165, 1.54) is 18.4 Å². The van der Waals surface area contributed by atoms with Crippen molar-refractivity contribution in [1.29, 1.82) is 0 Å². The number of benzene rings is 1. The highest BCUT2D eigenvalue weighted by Crippen LogP contribution is 2.16. The Labute approximate surface area is 120 Å². The zero-order valence-electron chi connectivity index (χ0n) is 12.3. The number of likely N-dealkylation sites (tertiary alicyclic amines) is 1. The van der Waals surface area contributed by atoms with Gasteiger partial charge in [0.15, 0.2) is 0 Å². The molecule has 1 heterocycles. The van der Waals surface area contributed by atoms with Crippen LogP contribution >= 0.6 is 0 Å². The van der Waals surface area contributed by atoms with Gasteiger partial charge in [0.05, 0.1) is 0 Å². The molecule has 5 heteroatoms. The lowest BCUT2D eigenvalue weighted by atomic mass is 10.0. The molecule has 20 heavy (non-hydrogen) atoms. The number of carbonyl (C=O) groups is 1. The molecule has 3 N–H and O–H groups in total. The second-order valence-electron chi connectivity index (χ2n) is 5.67. The van der Waals surface area contributed by atoms with Gasteiger partial charge in [-0.15, -0.1) is 0 Å². The number of amides is 1. The number of nitrogens with one attached hydrogen (secondary N) is 1. The number of nitrogens with two attached hydrogens (primary N) is 1. The summed E-state index contributed by atoms with van der Waals surface area (Å²) in [5, 5.41) is 0. The van der Waals surface area contributed by atoms with Crippen molar-refractivity contribution in [1.82, 2.24) is 15.2 Å². The molecule has 1 amide bonds. The summed E-state index contributed by atoms with van der Waals surface area (Å²) in [7, 11) is 4.29. The zero-order valence-corrected chi connectivity index (χ0v) is 12.3. The van der Waals surface area contributed by atoms with Crippen molar-refractivity contribution in [2.45, 2.75) is 25.4 Å². The smallest absolute Gasteiger partial charge is 0.265 e. The molecule has 1 fully saturated rings. The topological polar surface area (TPSA) is 61.6 Å². The number of hydrazine groups is 1. The lowest BCUT2D eigenvalue weighted by Gasteiger charge is -2.36. The minimum absolute atomic E-state index is 0.248. The van der Waals surface area contributed by atoms with Crippen molar-refractivity contribution in [2.24, 2.45) is 5.84 Å². The standard InChI is InChI=1S/C15H24N4O/c1-18(2)14-4-3-9-19(11-14)10-12-5-7-13(8-6-12)15(20)17-16/h5-8,14H,3-4,9-11,16H2,1-2H3,(H,17,20).